The smallest absolute Gasteiger partial charge is 0.262 e. The minimum Gasteiger partial charge on any atom is -0.322 e. The van der Waals surface area contributed by atoms with Crippen LogP contribution >= 0.6 is 11.6 Å². The summed E-state index contributed by atoms with van der Waals surface area (Å²) in [6.07, 6.45) is 0. The summed E-state index contributed by atoms with van der Waals surface area (Å²) < 4.78 is 56.8. The first-order valence-electron chi connectivity index (χ1n) is 11.7. The fourth-order valence-corrected chi connectivity index (χ4v) is 6.32. The molecule has 0 aliphatic heterocycles. The molecule has 0 fully saturated rings. The predicted molar refractivity (Wildman–Crippen MR) is 155 cm³/mol. The minimum absolute atomic E-state index is 0.00855. The molecule has 4 aromatic rings. The number of nitrogens with one attached hydrogen (secondary N) is 3. The molecule has 0 bridgehead atoms. The molecule has 0 radical (unpaired) electrons. The summed E-state index contributed by atoms with van der Waals surface area (Å²) in [5.74, 6) is -0.551. The van der Waals surface area contributed by atoms with E-state index in [9.17, 15) is 21.6 Å². The van der Waals surface area contributed by atoms with Gasteiger partial charge in [-0.2, -0.15) is 0 Å². The average Bonchev–Trinajstić information content (AvgIpc) is 2.88. The van der Waals surface area contributed by atoms with Crippen LogP contribution < -0.4 is 14.8 Å². The molecule has 0 heterocycles. The summed E-state index contributed by atoms with van der Waals surface area (Å²) in [5, 5.41) is 3.07. The Morgan fingerprint density at radius 3 is 1.95 bits per heavy atom. The first-order chi connectivity index (χ1) is 18.3. The van der Waals surface area contributed by atoms with Gasteiger partial charge < -0.3 is 5.32 Å². The molecule has 0 spiro atoms. The quantitative estimate of drug-likeness (QED) is 0.231. The molecule has 202 valence electrons. The van der Waals surface area contributed by atoms with E-state index >= 15 is 0 Å². The molecular weight excluding hydrogens is 558 g/mol. The maximum Gasteiger partial charge on any atom is 0.262 e. The maximum absolute atomic E-state index is 13.0. The number of rotatable bonds is 8. The van der Waals surface area contributed by atoms with E-state index in [0.29, 0.717) is 33.2 Å². The predicted octanol–water partition coefficient (Wildman–Crippen LogP) is 6.12. The zero-order valence-electron chi connectivity index (χ0n) is 21.3. The first kappa shape index (κ1) is 28.2. The fourth-order valence-electron chi connectivity index (χ4n) is 3.69. The Labute approximate surface area is 233 Å². The maximum atomic E-state index is 13.0. The molecule has 11 heteroatoms. The van der Waals surface area contributed by atoms with Crippen molar-refractivity contribution in [2.24, 2.45) is 0 Å². The Kier molecular flexibility index (Phi) is 8.01. The van der Waals surface area contributed by atoms with Gasteiger partial charge in [-0.05, 0) is 92.6 Å². The largest absolute Gasteiger partial charge is 0.322 e. The number of carbonyl (C=O) groups excluding carboxylic acids is 1. The monoisotopic (exact) mass is 583 g/mol. The second-order valence-electron chi connectivity index (χ2n) is 9.00. The average molecular weight is 584 g/mol. The third-order valence-electron chi connectivity index (χ3n) is 5.91. The highest BCUT2D eigenvalue weighted by Crippen LogP contribution is 2.25. The Morgan fingerprint density at radius 2 is 1.28 bits per heavy atom. The summed E-state index contributed by atoms with van der Waals surface area (Å²) in [6, 6.07) is 21.8. The van der Waals surface area contributed by atoms with Crippen LogP contribution in [0.4, 0.5) is 17.1 Å². The third kappa shape index (κ3) is 6.78. The third-order valence-corrected chi connectivity index (χ3v) is 9.05. The molecule has 8 nitrogen and oxygen atoms in total. The lowest BCUT2D eigenvalue weighted by atomic mass is 10.1. The van der Waals surface area contributed by atoms with Gasteiger partial charge in [-0.25, -0.2) is 16.8 Å². The Morgan fingerprint density at radius 1 is 0.667 bits per heavy atom. The first-order valence-corrected chi connectivity index (χ1v) is 15.1. The minimum atomic E-state index is -3.95. The van der Waals surface area contributed by atoms with Gasteiger partial charge in [0, 0.05) is 22.0 Å². The van der Waals surface area contributed by atoms with Crippen molar-refractivity contribution in [2.75, 3.05) is 14.8 Å². The molecule has 4 aromatic carbocycles. The van der Waals surface area contributed by atoms with E-state index in [-0.39, 0.29) is 15.4 Å². The lowest BCUT2D eigenvalue weighted by Crippen LogP contribution is -2.17. The Bertz CT molecular complexity index is 1750. The molecule has 39 heavy (non-hydrogen) atoms. The van der Waals surface area contributed by atoms with Crippen molar-refractivity contribution in [3.05, 3.63) is 112 Å². The van der Waals surface area contributed by atoms with E-state index in [0.717, 1.165) is 5.56 Å². The van der Waals surface area contributed by atoms with E-state index < -0.39 is 26.0 Å². The zero-order valence-corrected chi connectivity index (χ0v) is 23.7. The van der Waals surface area contributed by atoms with E-state index in [4.69, 9.17) is 11.6 Å². The number of hydrogen-bond acceptors (Lipinski definition) is 5. The van der Waals surface area contributed by atoms with E-state index in [1.165, 1.54) is 42.5 Å². The summed E-state index contributed by atoms with van der Waals surface area (Å²) in [7, 11) is -7.85. The summed E-state index contributed by atoms with van der Waals surface area (Å²) in [4.78, 5) is 12.9. The summed E-state index contributed by atoms with van der Waals surface area (Å²) in [6.45, 7) is 5.30. The van der Waals surface area contributed by atoms with Gasteiger partial charge in [0.2, 0.25) is 0 Å². The van der Waals surface area contributed by atoms with Crippen molar-refractivity contribution in [2.45, 2.75) is 30.6 Å². The van der Waals surface area contributed by atoms with E-state index in [2.05, 4.69) is 14.8 Å². The zero-order chi connectivity index (χ0) is 28.4. The molecule has 0 aromatic heterocycles. The van der Waals surface area contributed by atoms with Crippen LogP contribution in [0.25, 0.3) is 0 Å². The van der Waals surface area contributed by atoms with Gasteiger partial charge in [-0.1, -0.05) is 41.4 Å². The van der Waals surface area contributed by atoms with Gasteiger partial charge in [0.1, 0.15) is 0 Å². The number of aryl methyl sites for hydroxylation is 3. The molecule has 0 atom stereocenters. The van der Waals surface area contributed by atoms with Crippen LogP contribution in [0.3, 0.4) is 0 Å². The highest BCUT2D eigenvalue weighted by molar-refractivity contribution is 7.93. The van der Waals surface area contributed by atoms with E-state index in [1.807, 2.05) is 6.92 Å². The fraction of sp³-hybridized carbons (Fsp3) is 0.107. The van der Waals surface area contributed by atoms with Crippen LogP contribution in [0, 0.1) is 20.8 Å². The molecule has 0 unspecified atom stereocenters. The molecule has 0 saturated heterocycles. The number of anilines is 3. The number of sulfonamides is 2. The number of halogens is 1. The molecule has 0 aliphatic carbocycles. The van der Waals surface area contributed by atoms with Crippen molar-refractivity contribution in [3.63, 3.8) is 0 Å². The van der Waals surface area contributed by atoms with Crippen LogP contribution in [0.15, 0.2) is 94.7 Å². The van der Waals surface area contributed by atoms with Gasteiger partial charge in [0.05, 0.1) is 15.5 Å². The number of hydrogen-bond donors (Lipinski definition) is 3. The van der Waals surface area contributed by atoms with Crippen LogP contribution in [0.1, 0.15) is 27.0 Å². The highest BCUT2D eigenvalue weighted by Gasteiger charge is 2.20. The van der Waals surface area contributed by atoms with Crippen molar-refractivity contribution in [1.82, 2.24) is 0 Å². The standard InChI is InChI=1S/C28H26ClN3O5S2/c1-18-4-10-24(11-5-18)31-39(36,37)27-16-21(8-6-20(27)3)28(33)30-23-12-14-25(15-13-23)38(34,35)32-26-17-22(29)9-7-19(26)2/h4-17,31-32H,1-3H3,(H,30,33). The van der Waals surface area contributed by atoms with Crippen LogP contribution in [0.5, 0.6) is 0 Å². The van der Waals surface area contributed by atoms with Gasteiger partial charge in [0.25, 0.3) is 26.0 Å². The molecular formula is C28H26ClN3O5S2. The number of carbonyl (C=O) groups is 1. The number of benzene rings is 4. The van der Waals surface area contributed by atoms with Gasteiger partial charge in [-0.3, -0.25) is 14.2 Å². The topological polar surface area (TPSA) is 121 Å². The van der Waals surface area contributed by atoms with Crippen LogP contribution in [-0.4, -0.2) is 22.7 Å². The lowest BCUT2D eigenvalue weighted by molar-refractivity contribution is 0.102. The van der Waals surface area contributed by atoms with Crippen LogP contribution in [-0.2, 0) is 20.0 Å². The van der Waals surface area contributed by atoms with E-state index in [1.54, 1.807) is 56.3 Å². The molecule has 0 saturated carbocycles. The van der Waals surface area contributed by atoms with Crippen LogP contribution in [0.2, 0.25) is 5.02 Å². The summed E-state index contributed by atoms with van der Waals surface area (Å²) >= 11 is 5.98. The Hall–Kier alpha value is -3.86. The molecule has 3 N–H and O–H groups in total. The van der Waals surface area contributed by atoms with Crippen molar-refractivity contribution >= 4 is 54.6 Å². The number of amides is 1. The van der Waals surface area contributed by atoms with Gasteiger partial charge >= 0.3 is 0 Å². The normalized spacial score (nSPS) is 11.6. The van der Waals surface area contributed by atoms with Crippen molar-refractivity contribution < 1.29 is 21.6 Å². The van der Waals surface area contributed by atoms with Gasteiger partial charge in [0.15, 0.2) is 0 Å². The van der Waals surface area contributed by atoms with Gasteiger partial charge in [-0.15, -0.1) is 0 Å². The SMILES string of the molecule is Cc1ccc(NS(=O)(=O)c2cc(C(=O)Nc3ccc(S(=O)(=O)Nc4cc(Cl)ccc4C)cc3)ccc2C)cc1. The van der Waals surface area contributed by atoms with Crippen molar-refractivity contribution in [3.8, 4) is 0 Å². The lowest BCUT2D eigenvalue weighted by Gasteiger charge is -2.13. The molecule has 4 rings (SSSR count). The highest BCUT2D eigenvalue weighted by atomic mass is 35.5. The van der Waals surface area contributed by atoms with Crippen molar-refractivity contribution in [1.29, 1.82) is 0 Å². The summed E-state index contributed by atoms with van der Waals surface area (Å²) in [5.41, 5.74) is 3.40. The second kappa shape index (κ2) is 11.1. The molecule has 1 amide bonds. The Balaban J connectivity index is 1.50. The molecule has 0 aliphatic rings. The second-order valence-corrected chi connectivity index (χ2v) is 12.8.